The highest BCUT2D eigenvalue weighted by Crippen LogP contribution is 2.69. The molecule has 4 nitrogen and oxygen atoms in total. The molecule has 2 N–H and O–H groups in total. The van der Waals surface area contributed by atoms with Crippen LogP contribution in [0.5, 0.6) is 0 Å². The van der Waals surface area contributed by atoms with Crippen LogP contribution in [0, 0.1) is 34.5 Å². The Balaban J connectivity index is 1.82. The van der Waals surface area contributed by atoms with E-state index in [4.69, 9.17) is 0 Å². The molecule has 0 spiro atoms. The van der Waals surface area contributed by atoms with Crippen molar-refractivity contribution in [2.24, 2.45) is 34.5 Å². The van der Waals surface area contributed by atoms with E-state index in [1.165, 1.54) is 12.2 Å². The fourth-order valence-corrected chi connectivity index (χ4v) is 7.10. The molecule has 3 fully saturated rings. The Hall–Kier alpha value is -1.49. The number of ketones is 1. The lowest BCUT2D eigenvalue weighted by Crippen LogP contribution is -2.66. The Morgan fingerprint density at radius 1 is 1.31 bits per heavy atom. The van der Waals surface area contributed by atoms with Gasteiger partial charge in [0.25, 0.3) is 0 Å². The van der Waals surface area contributed by atoms with Gasteiger partial charge in [0.1, 0.15) is 0 Å². The Morgan fingerprint density at radius 3 is 2.65 bits per heavy atom. The van der Waals surface area contributed by atoms with Gasteiger partial charge in [0.05, 0.1) is 12.0 Å². The summed E-state index contributed by atoms with van der Waals surface area (Å²) in [7, 11) is 0. The Bertz CT molecular complexity index is 742. The predicted octanol–water partition coefficient (Wildman–Crippen LogP) is 3.30. The maximum atomic E-state index is 16.7. The minimum absolute atomic E-state index is 0.0368. The molecule has 0 bridgehead atoms. The van der Waals surface area contributed by atoms with Gasteiger partial charge in [-0.15, -0.1) is 0 Å². The van der Waals surface area contributed by atoms with Crippen molar-refractivity contribution in [3.63, 3.8) is 0 Å². The number of hydrogen-bond donors (Lipinski definition) is 2. The zero-order valence-corrected chi connectivity index (χ0v) is 15.5. The number of carboxylic acids is 1. The molecular weight excluding hydrogens is 335 g/mol. The normalized spacial score (nSPS) is 52.7. The Labute approximate surface area is 153 Å². The van der Waals surface area contributed by atoms with Gasteiger partial charge in [0, 0.05) is 11.3 Å². The number of fused-ring (bicyclic) bond motifs is 5. The fourth-order valence-electron chi connectivity index (χ4n) is 7.10. The van der Waals surface area contributed by atoms with E-state index in [1.54, 1.807) is 13.0 Å². The largest absolute Gasteiger partial charge is 0.481 e. The quantitative estimate of drug-likeness (QED) is 0.750. The first-order chi connectivity index (χ1) is 12.1. The van der Waals surface area contributed by atoms with E-state index in [0.29, 0.717) is 19.3 Å². The molecule has 142 valence electrons. The number of alkyl halides is 1. The van der Waals surface area contributed by atoms with Crippen LogP contribution in [0.25, 0.3) is 0 Å². The van der Waals surface area contributed by atoms with Crippen molar-refractivity contribution in [1.82, 2.24) is 0 Å². The predicted molar refractivity (Wildman–Crippen MR) is 94.0 cm³/mol. The summed E-state index contributed by atoms with van der Waals surface area (Å²) in [4.78, 5) is 23.7. The first kappa shape index (κ1) is 17.9. The second-order valence-electron chi connectivity index (χ2n) is 9.38. The van der Waals surface area contributed by atoms with Crippen molar-refractivity contribution in [3.8, 4) is 0 Å². The summed E-state index contributed by atoms with van der Waals surface area (Å²) in [5.74, 6) is -2.04. The average Bonchev–Trinajstić information content (AvgIpc) is 2.80. The molecule has 0 unspecified atom stereocenters. The molecule has 4 rings (SSSR count). The minimum Gasteiger partial charge on any atom is -0.481 e. The van der Waals surface area contributed by atoms with Crippen molar-refractivity contribution in [2.45, 2.75) is 58.2 Å². The van der Waals surface area contributed by atoms with E-state index in [9.17, 15) is 19.8 Å². The first-order valence-corrected chi connectivity index (χ1v) is 9.59. The third kappa shape index (κ3) is 1.93. The van der Waals surface area contributed by atoms with Crippen LogP contribution in [-0.2, 0) is 9.59 Å². The molecule has 8 atom stereocenters. The Morgan fingerprint density at radius 2 is 2.00 bits per heavy atom. The fraction of sp³-hybridized carbons (Fsp3) is 0.714. The maximum absolute atomic E-state index is 16.7. The molecule has 0 radical (unpaired) electrons. The van der Waals surface area contributed by atoms with Crippen molar-refractivity contribution < 1.29 is 24.2 Å². The molecule has 0 aromatic heterocycles. The van der Waals surface area contributed by atoms with Crippen LogP contribution in [0.15, 0.2) is 23.8 Å². The molecule has 3 saturated carbocycles. The third-order valence-corrected chi connectivity index (χ3v) is 8.25. The highest BCUT2D eigenvalue weighted by molar-refractivity contribution is 6.01. The zero-order valence-electron chi connectivity index (χ0n) is 15.5. The molecule has 4 aliphatic rings. The monoisotopic (exact) mass is 362 g/mol. The molecule has 0 aliphatic heterocycles. The average molecular weight is 362 g/mol. The number of carbonyl (C=O) groups is 2. The number of rotatable bonds is 1. The molecule has 26 heavy (non-hydrogen) atoms. The van der Waals surface area contributed by atoms with Crippen LogP contribution in [0.2, 0.25) is 0 Å². The molecule has 0 aromatic rings. The summed E-state index contributed by atoms with van der Waals surface area (Å²) in [5.41, 5.74) is -2.72. The van der Waals surface area contributed by atoms with Gasteiger partial charge in [0.2, 0.25) is 0 Å². The number of halogens is 1. The second kappa shape index (κ2) is 5.28. The number of hydrogen-bond acceptors (Lipinski definition) is 3. The summed E-state index contributed by atoms with van der Waals surface area (Å²) in [5, 5.41) is 20.8. The standard InChI is InChI=1S/C21H27FO4/c1-11-8-15-14-5-4-12-9-13(23)6-7-20(12,3)21(14,22)16(24)10-19(15,2)17(11)18(25)26/h6-7,9,11,14-17,24H,4-5,8,10H2,1-3H3,(H,25,26)/t11-,14-,15-,16-,17+,19+,20-,21-/m0/s1. The highest BCUT2D eigenvalue weighted by atomic mass is 19.1. The summed E-state index contributed by atoms with van der Waals surface area (Å²) < 4.78 is 16.7. The Kier molecular flexibility index (Phi) is 3.63. The first-order valence-electron chi connectivity index (χ1n) is 9.59. The number of allylic oxidation sites excluding steroid dienone is 4. The maximum Gasteiger partial charge on any atom is 0.307 e. The van der Waals surface area contributed by atoms with Gasteiger partial charge in [-0.25, -0.2) is 4.39 Å². The van der Waals surface area contributed by atoms with E-state index >= 15 is 4.39 Å². The van der Waals surface area contributed by atoms with Gasteiger partial charge in [-0.2, -0.15) is 0 Å². The molecular formula is C21H27FO4. The van der Waals surface area contributed by atoms with Gasteiger partial charge in [-0.3, -0.25) is 9.59 Å². The van der Waals surface area contributed by atoms with Crippen LogP contribution in [0.1, 0.15) is 46.5 Å². The topological polar surface area (TPSA) is 74.6 Å². The number of aliphatic hydroxyl groups is 1. The van der Waals surface area contributed by atoms with Crippen molar-refractivity contribution in [3.05, 3.63) is 23.8 Å². The van der Waals surface area contributed by atoms with Gasteiger partial charge in [-0.1, -0.05) is 25.5 Å². The number of aliphatic carboxylic acids is 1. The van der Waals surface area contributed by atoms with E-state index < -0.39 is 40.4 Å². The molecule has 0 heterocycles. The molecule has 5 heteroatoms. The lowest BCUT2D eigenvalue weighted by atomic mass is 9.45. The zero-order chi connectivity index (χ0) is 19.1. The van der Waals surface area contributed by atoms with Gasteiger partial charge < -0.3 is 10.2 Å². The van der Waals surface area contributed by atoms with Crippen molar-refractivity contribution >= 4 is 11.8 Å². The van der Waals surface area contributed by atoms with E-state index in [-0.39, 0.29) is 24.0 Å². The smallest absolute Gasteiger partial charge is 0.307 e. The SMILES string of the molecule is C[C@H]1C[C@H]2[C@@H]3CCC4=CC(=O)C=C[C@]4(C)[C@@]3(F)[C@@H](O)C[C@@]2(C)[C@H]1C(=O)O. The molecule has 0 amide bonds. The summed E-state index contributed by atoms with van der Waals surface area (Å²) >= 11 is 0. The summed E-state index contributed by atoms with van der Waals surface area (Å²) in [6.45, 7) is 5.65. The van der Waals surface area contributed by atoms with Crippen LogP contribution in [0.4, 0.5) is 4.39 Å². The second-order valence-corrected chi connectivity index (χ2v) is 9.38. The van der Waals surface area contributed by atoms with Crippen LogP contribution < -0.4 is 0 Å². The van der Waals surface area contributed by atoms with Crippen LogP contribution in [0.3, 0.4) is 0 Å². The highest BCUT2D eigenvalue weighted by Gasteiger charge is 2.71. The van der Waals surface area contributed by atoms with Crippen molar-refractivity contribution in [1.29, 1.82) is 0 Å². The van der Waals surface area contributed by atoms with Gasteiger partial charge in [-0.05, 0) is 62.0 Å². The third-order valence-electron chi connectivity index (χ3n) is 8.25. The number of aliphatic hydroxyl groups excluding tert-OH is 1. The van der Waals surface area contributed by atoms with Crippen LogP contribution in [-0.4, -0.2) is 33.7 Å². The van der Waals surface area contributed by atoms with Crippen molar-refractivity contribution in [2.75, 3.05) is 0 Å². The van der Waals surface area contributed by atoms with E-state index in [0.717, 1.165) is 5.57 Å². The van der Waals surface area contributed by atoms with E-state index in [2.05, 4.69) is 0 Å². The molecule has 4 aliphatic carbocycles. The molecule has 0 saturated heterocycles. The van der Waals surface area contributed by atoms with Gasteiger partial charge >= 0.3 is 5.97 Å². The van der Waals surface area contributed by atoms with E-state index in [1.807, 2.05) is 13.8 Å². The molecule has 0 aromatic carbocycles. The number of carbonyl (C=O) groups excluding carboxylic acids is 1. The summed E-state index contributed by atoms with van der Waals surface area (Å²) in [6.07, 6.45) is 5.32. The van der Waals surface area contributed by atoms with Crippen LogP contribution >= 0.6 is 0 Å². The van der Waals surface area contributed by atoms with Gasteiger partial charge in [0.15, 0.2) is 11.5 Å². The lowest BCUT2D eigenvalue weighted by molar-refractivity contribution is -0.198. The summed E-state index contributed by atoms with van der Waals surface area (Å²) in [6, 6.07) is 0. The lowest BCUT2D eigenvalue weighted by Gasteiger charge is -2.61. The minimum atomic E-state index is -1.87. The number of carboxylic acid groups (broad SMARTS) is 1.